The highest BCUT2D eigenvalue weighted by Crippen LogP contribution is 2.26. The summed E-state index contributed by atoms with van der Waals surface area (Å²) in [6.07, 6.45) is 1.26. The number of likely N-dealkylation sites (tertiary alicyclic amines) is 1. The topological polar surface area (TPSA) is 243 Å². The maximum atomic E-state index is 13.9. The molecule has 1 fully saturated rings. The fraction of sp³-hybridized carbons (Fsp3) is 0.517. The Hall–Kier alpha value is -4.87. The van der Waals surface area contributed by atoms with Crippen LogP contribution in [-0.4, -0.2) is 106 Å². The minimum Gasteiger partial charge on any atom is -0.481 e. The van der Waals surface area contributed by atoms with Gasteiger partial charge in [0, 0.05) is 24.6 Å². The van der Waals surface area contributed by atoms with E-state index in [-0.39, 0.29) is 25.4 Å². The van der Waals surface area contributed by atoms with E-state index in [1.807, 2.05) is 0 Å². The van der Waals surface area contributed by atoms with Crippen LogP contribution in [0.2, 0.25) is 0 Å². The van der Waals surface area contributed by atoms with Crippen molar-refractivity contribution < 1.29 is 42.2 Å². The van der Waals surface area contributed by atoms with E-state index in [0.29, 0.717) is 18.4 Å². The van der Waals surface area contributed by atoms with Gasteiger partial charge >= 0.3 is 12.1 Å². The molecule has 0 spiro atoms. The van der Waals surface area contributed by atoms with Crippen molar-refractivity contribution >= 4 is 39.6 Å². The number of nitrogens with one attached hydrogen (secondary N) is 4. The molecule has 47 heavy (non-hydrogen) atoms. The highest BCUT2D eigenvalue weighted by molar-refractivity contribution is 7.93. The standard InChI is InChI=1S/C29H40N8O9S/c1-29(2,3)24(32-25(40)20(16-23(38)39)31-28(43)46-17-18-9-6-5-7-10-18)27(42)37-13-8-11-21(37)26(41)30-19(12-14-47(4,44)45)15-22-33-35-36-34-22/h5-7,9-10,12,14,19-21,24H,8,11,13,15-17H2,1-4H3,(H,30,41)(H,31,43)(H,32,40)(H,38,39)(H,33,34,35,36)/b14-12+/t19-,20+,21-,24+/m1/s1. The molecule has 256 valence electrons. The normalized spacial score (nSPS) is 17.0. The summed E-state index contributed by atoms with van der Waals surface area (Å²) in [5.74, 6) is -3.23. The minimum atomic E-state index is -3.53. The van der Waals surface area contributed by atoms with Crippen molar-refractivity contribution in [1.82, 2.24) is 41.5 Å². The monoisotopic (exact) mass is 676 g/mol. The van der Waals surface area contributed by atoms with Gasteiger partial charge in [0.1, 0.15) is 24.7 Å². The molecule has 0 bridgehead atoms. The first kappa shape index (κ1) is 36.6. The van der Waals surface area contributed by atoms with Crippen LogP contribution in [0, 0.1) is 5.41 Å². The number of amides is 4. The molecular formula is C29H40N8O9S. The molecule has 3 rings (SSSR count). The van der Waals surface area contributed by atoms with Crippen molar-refractivity contribution in [3.05, 3.63) is 53.2 Å². The van der Waals surface area contributed by atoms with Crippen LogP contribution in [0.25, 0.3) is 0 Å². The number of sulfone groups is 1. The third-order valence-corrected chi connectivity index (χ3v) is 7.77. The van der Waals surface area contributed by atoms with Crippen molar-refractivity contribution in [3.63, 3.8) is 0 Å². The molecule has 17 nitrogen and oxygen atoms in total. The molecule has 5 N–H and O–H groups in total. The van der Waals surface area contributed by atoms with Crippen LogP contribution in [0.15, 0.2) is 41.8 Å². The number of H-pyrrole nitrogens is 1. The number of carboxylic acid groups (broad SMARTS) is 1. The molecule has 0 saturated carbocycles. The predicted molar refractivity (Wildman–Crippen MR) is 166 cm³/mol. The smallest absolute Gasteiger partial charge is 0.408 e. The quantitative estimate of drug-likeness (QED) is 0.179. The molecule has 4 amide bonds. The summed E-state index contributed by atoms with van der Waals surface area (Å²) in [4.78, 5) is 66.1. The van der Waals surface area contributed by atoms with E-state index < -0.39 is 75.6 Å². The number of carbonyl (C=O) groups is 5. The summed E-state index contributed by atoms with van der Waals surface area (Å²) < 4.78 is 28.6. The van der Waals surface area contributed by atoms with Gasteiger partial charge < -0.3 is 30.7 Å². The molecule has 18 heteroatoms. The number of ether oxygens (including phenoxy) is 1. The molecule has 2 heterocycles. The summed E-state index contributed by atoms with van der Waals surface area (Å²) in [5, 5.41) is 31.4. The van der Waals surface area contributed by atoms with Crippen LogP contribution in [0.5, 0.6) is 0 Å². The van der Waals surface area contributed by atoms with Crippen LogP contribution in [0.4, 0.5) is 4.79 Å². The van der Waals surface area contributed by atoms with Gasteiger partial charge in [0.2, 0.25) is 17.7 Å². The van der Waals surface area contributed by atoms with Crippen molar-refractivity contribution in [3.8, 4) is 0 Å². The van der Waals surface area contributed by atoms with E-state index in [9.17, 15) is 37.5 Å². The van der Waals surface area contributed by atoms with Crippen LogP contribution >= 0.6 is 0 Å². The summed E-state index contributed by atoms with van der Waals surface area (Å²) >= 11 is 0. The number of aromatic amines is 1. The Balaban J connectivity index is 1.74. The minimum absolute atomic E-state index is 0.0152. The number of nitrogens with zero attached hydrogens (tertiary/aromatic N) is 4. The molecular weight excluding hydrogens is 636 g/mol. The van der Waals surface area contributed by atoms with Gasteiger partial charge in [0.25, 0.3) is 0 Å². The van der Waals surface area contributed by atoms with Gasteiger partial charge in [-0.25, -0.2) is 13.2 Å². The summed E-state index contributed by atoms with van der Waals surface area (Å²) in [6.45, 7) is 5.13. The van der Waals surface area contributed by atoms with E-state index in [2.05, 4.69) is 36.6 Å². The largest absolute Gasteiger partial charge is 0.481 e. The molecule has 2 aromatic rings. The Labute approximate surface area is 271 Å². The van der Waals surface area contributed by atoms with Crippen LogP contribution < -0.4 is 16.0 Å². The van der Waals surface area contributed by atoms with Gasteiger partial charge in [-0.15, -0.1) is 10.2 Å². The lowest BCUT2D eigenvalue weighted by atomic mass is 9.85. The van der Waals surface area contributed by atoms with Gasteiger partial charge in [-0.2, -0.15) is 5.21 Å². The van der Waals surface area contributed by atoms with Gasteiger partial charge in [-0.1, -0.05) is 62.4 Å². The number of rotatable bonds is 14. The van der Waals surface area contributed by atoms with Crippen LogP contribution in [-0.2, 0) is 46.8 Å². The summed E-state index contributed by atoms with van der Waals surface area (Å²) in [7, 11) is -3.53. The Morgan fingerprint density at radius 3 is 2.43 bits per heavy atom. The van der Waals surface area contributed by atoms with Crippen LogP contribution in [0.1, 0.15) is 51.4 Å². The molecule has 1 aliphatic rings. The first-order valence-corrected chi connectivity index (χ1v) is 16.7. The molecule has 1 aromatic carbocycles. The highest BCUT2D eigenvalue weighted by atomic mass is 32.2. The molecule has 4 atom stereocenters. The molecule has 0 unspecified atom stereocenters. The zero-order chi connectivity index (χ0) is 34.8. The lowest BCUT2D eigenvalue weighted by molar-refractivity contribution is -0.145. The van der Waals surface area contributed by atoms with Gasteiger partial charge in [0.15, 0.2) is 15.7 Å². The summed E-state index contributed by atoms with van der Waals surface area (Å²) in [5.41, 5.74) is -0.228. The number of hydrogen-bond donors (Lipinski definition) is 5. The molecule has 1 saturated heterocycles. The highest BCUT2D eigenvalue weighted by Gasteiger charge is 2.43. The first-order valence-electron chi connectivity index (χ1n) is 14.7. The molecule has 0 radical (unpaired) electrons. The Kier molecular flexibility index (Phi) is 12.5. The number of carbonyl (C=O) groups excluding carboxylic acids is 4. The SMILES string of the molecule is CC(C)(C)[C@@H](NC(=O)[C@H](CC(=O)O)NC(=O)OCc1ccccc1)C(=O)N1CCC[C@@H]1C(=O)N[C@H](/C=C/S(C)(=O)=O)Cc1nn[nH]n1. The van der Waals surface area contributed by atoms with E-state index in [4.69, 9.17) is 4.74 Å². The average Bonchev–Trinajstić information content (AvgIpc) is 3.69. The van der Waals surface area contributed by atoms with E-state index >= 15 is 0 Å². The molecule has 1 aliphatic heterocycles. The number of benzene rings is 1. The van der Waals surface area contributed by atoms with Crippen molar-refractivity contribution in [2.75, 3.05) is 12.8 Å². The second-order valence-corrected chi connectivity index (χ2v) is 14.1. The second-order valence-electron chi connectivity index (χ2n) is 12.2. The van der Waals surface area contributed by atoms with Gasteiger partial charge in [-0.05, 0) is 23.8 Å². The predicted octanol–water partition coefficient (Wildman–Crippen LogP) is 0.0769. The number of aromatic nitrogens is 4. The fourth-order valence-corrected chi connectivity index (χ4v) is 5.28. The number of aliphatic carboxylic acids is 1. The molecule has 0 aliphatic carbocycles. The lowest BCUT2D eigenvalue weighted by Gasteiger charge is -2.36. The third kappa shape index (κ3) is 11.8. The number of alkyl carbamates (subject to hydrolysis) is 1. The lowest BCUT2D eigenvalue weighted by Crippen LogP contribution is -2.60. The zero-order valence-electron chi connectivity index (χ0n) is 26.5. The maximum Gasteiger partial charge on any atom is 0.408 e. The van der Waals surface area contributed by atoms with E-state index in [1.54, 1.807) is 51.1 Å². The van der Waals surface area contributed by atoms with Crippen molar-refractivity contribution in [2.24, 2.45) is 5.41 Å². The number of carboxylic acids is 1. The third-order valence-electron chi connectivity index (χ3n) is 7.12. The zero-order valence-corrected chi connectivity index (χ0v) is 27.3. The maximum absolute atomic E-state index is 13.9. The Bertz CT molecular complexity index is 1540. The summed E-state index contributed by atoms with van der Waals surface area (Å²) in [6, 6.07) is 4.14. The van der Waals surface area contributed by atoms with Crippen molar-refractivity contribution in [1.29, 1.82) is 0 Å². The van der Waals surface area contributed by atoms with Gasteiger partial charge in [0.05, 0.1) is 12.5 Å². The van der Waals surface area contributed by atoms with Gasteiger partial charge in [-0.3, -0.25) is 19.2 Å². The second kappa shape index (κ2) is 16.1. The van der Waals surface area contributed by atoms with Crippen molar-refractivity contribution in [2.45, 2.75) is 77.2 Å². The van der Waals surface area contributed by atoms with E-state index in [1.165, 1.54) is 11.0 Å². The van der Waals surface area contributed by atoms with Crippen LogP contribution in [0.3, 0.4) is 0 Å². The number of hydrogen-bond acceptors (Lipinski definition) is 11. The molecule has 1 aromatic heterocycles. The Morgan fingerprint density at radius 1 is 1.13 bits per heavy atom. The average molecular weight is 677 g/mol. The first-order chi connectivity index (χ1) is 22.0. The Morgan fingerprint density at radius 2 is 1.83 bits per heavy atom. The van der Waals surface area contributed by atoms with E-state index in [0.717, 1.165) is 11.7 Å². The number of tetrazole rings is 1. The fourth-order valence-electron chi connectivity index (χ4n) is 4.80.